The second kappa shape index (κ2) is 8.32. The molecule has 1 aromatic rings. The fourth-order valence-corrected chi connectivity index (χ4v) is 1.44. The molecule has 0 aromatic heterocycles. The van der Waals surface area contributed by atoms with Crippen molar-refractivity contribution in [1.82, 2.24) is 5.32 Å². The molecule has 0 spiro atoms. The van der Waals surface area contributed by atoms with Crippen LogP contribution in [0.25, 0.3) is 0 Å². The fraction of sp³-hybridized carbons (Fsp3) is 0.467. The first kappa shape index (κ1) is 16.2. The first-order valence-corrected chi connectivity index (χ1v) is 6.62. The molecule has 0 radical (unpaired) electrons. The normalized spacial score (nSPS) is 12.0. The minimum Gasteiger partial charge on any atom is -0.462 e. The number of benzene rings is 1. The quantitative estimate of drug-likeness (QED) is 0.769. The highest BCUT2D eigenvalue weighted by Crippen LogP contribution is 2.00. The Hall–Kier alpha value is -1.88. The van der Waals surface area contributed by atoms with Crippen molar-refractivity contribution in [2.24, 2.45) is 0 Å². The molecule has 1 aromatic carbocycles. The second-order valence-corrected chi connectivity index (χ2v) is 4.73. The Balaban J connectivity index is 2.24. The minimum atomic E-state index is -0.540. The summed E-state index contributed by atoms with van der Waals surface area (Å²) in [6.07, 6.45) is -0.170. The van der Waals surface area contributed by atoms with E-state index in [-0.39, 0.29) is 25.2 Å². The van der Waals surface area contributed by atoms with Gasteiger partial charge in [-0.1, -0.05) is 30.3 Å². The zero-order chi connectivity index (χ0) is 15.0. The fourth-order valence-electron chi connectivity index (χ4n) is 1.44. The molecule has 1 rings (SSSR count). The van der Waals surface area contributed by atoms with Gasteiger partial charge in [0.1, 0.15) is 12.6 Å². The molecule has 0 saturated heterocycles. The number of carbonyl (C=O) groups excluding carboxylic acids is 2. The molecule has 5 heteroatoms. The van der Waals surface area contributed by atoms with E-state index in [0.29, 0.717) is 0 Å². The molecule has 110 valence electrons. The number of hydrogen-bond donors (Lipinski definition) is 1. The van der Waals surface area contributed by atoms with Crippen LogP contribution in [0.4, 0.5) is 0 Å². The van der Waals surface area contributed by atoms with E-state index >= 15 is 0 Å². The van der Waals surface area contributed by atoms with Gasteiger partial charge in [-0.2, -0.15) is 0 Å². The Kier molecular flexibility index (Phi) is 6.73. The molecule has 0 saturated carbocycles. The lowest BCUT2D eigenvalue weighted by Crippen LogP contribution is -2.39. The van der Waals surface area contributed by atoms with Gasteiger partial charge in [0.05, 0.1) is 12.6 Å². The topological polar surface area (TPSA) is 64.6 Å². The molecule has 0 aliphatic rings. The van der Waals surface area contributed by atoms with Gasteiger partial charge < -0.3 is 9.47 Å². The second-order valence-electron chi connectivity index (χ2n) is 4.73. The number of carbonyl (C=O) groups is 2. The van der Waals surface area contributed by atoms with Crippen molar-refractivity contribution in [1.29, 1.82) is 0 Å². The van der Waals surface area contributed by atoms with E-state index in [0.717, 1.165) is 5.56 Å². The predicted octanol–water partition coefficient (Wildman–Crippen LogP) is 1.66. The number of nitrogens with one attached hydrogen (secondary N) is 1. The van der Waals surface area contributed by atoms with Crippen molar-refractivity contribution in [3.8, 4) is 0 Å². The van der Waals surface area contributed by atoms with Crippen LogP contribution in [0.3, 0.4) is 0 Å². The third-order valence-corrected chi connectivity index (χ3v) is 2.50. The minimum absolute atomic E-state index is 0.0266. The highest BCUT2D eigenvalue weighted by atomic mass is 16.5. The van der Waals surface area contributed by atoms with Gasteiger partial charge in [0, 0.05) is 0 Å². The van der Waals surface area contributed by atoms with Crippen molar-refractivity contribution < 1.29 is 19.1 Å². The van der Waals surface area contributed by atoms with Crippen molar-refractivity contribution in [3.05, 3.63) is 35.9 Å². The van der Waals surface area contributed by atoms with E-state index in [4.69, 9.17) is 9.47 Å². The number of ether oxygens (including phenoxy) is 2. The average molecular weight is 279 g/mol. The van der Waals surface area contributed by atoms with E-state index < -0.39 is 12.0 Å². The third kappa shape index (κ3) is 6.33. The standard InChI is InChI=1S/C15H21NO4/c1-11(2)20-15(18)12(3)16-9-14(17)19-10-13-7-5-4-6-8-13/h4-8,11-12,16H,9-10H2,1-3H3. The van der Waals surface area contributed by atoms with Gasteiger partial charge in [-0.15, -0.1) is 0 Å². The molecule has 0 aliphatic carbocycles. The van der Waals surface area contributed by atoms with Gasteiger partial charge in [-0.25, -0.2) is 0 Å². The SMILES string of the molecule is CC(C)OC(=O)C(C)NCC(=O)OCc1ccccc1. The maximum atomic E-state index is 11.5. The maximum Gasteiger partial charge on any atom is 0.323 e. The van der Waals surface area contributed by atoms with E-state index in [1.165, 1.54) is 0 Å². The zero-order valence-electron chi connectivity index (χ0n) is 12.1. The number of rotatable bonds is 7. The van der Waals surface area contributed by atoms with Crippen LogP contribution in [0.1, 0.15) is 26.3 Å². The van der Waals surface area contributed by atoms with Crippen LogP contribution in [0, 0.1) is 0 Å². The summed E-state index contributed by atoms with van der Waals surface area (Å²) in [6, 6.07) is 8.87. The van der Waals surface area contributed by atoms with Crippen LogP contribution in [0.2, 0.25) is 0 Å². The van der Waals surface area contributed by atoms with E-state index in [1.54, 1.807) is 20.8 Å². The maximum absolute atomic E-state index is 11.5. The van der Waals surface area contributed by atoms with Crippen LogP contribution in [-0.2, 0) is 25.7 Å². The molecular weight excluding hydrogens is 258 g/mol. The lowest BCUT2D eigenvalue weighted by molar-refractivity contribution is -0.150. The van der Waals surface area contributed by atoms with Crippen LogP contribution in [0.5, 0.6) is 0 Å². The summed E-state index contributed by atoms with van der Waals surface area (Å²) < 4.78 is 10.1. The lowest BCUT2D eigenvalue weighted by Gasteiger charge is -2.14. The molecule has 20 heavy (non-hydrogen) atoms. The van der Waals surface area contributed by atoms with Crippen LogP contribution >= 0.6 is 0 Å². The summed E-state index contributed by atoms with van der Waals surface area (Å²) in [6.45, 7) is 5.40. The van der Waals surface area contributed by atoms with Crippen molar-refractivity contribution >= 4 is 11.9 Å². The molecule has 0 heterocycles. The molecular formula is C15H21NO4. The summed E-state index contributed by atoms with van der Waals surface area (Å²) in [5, 5.41) is 2.77. The molecule has 1 unspecified atom stereocenters. The molecule has 0 aliphatic heterocycles. The van der Waals surface area contributed by atoms with Crippen molar-refractivity contribution in [3.63, 3.8) is 0 Å². The molecule has 5 nitrogen and oxygen atoms in total. The predicted molar refractivity (Wildman–Crippen MR) is 74.9 cm³/mol. The largest absolute Gasteiger partial charge is 0.462 e. The first-order chi connectivity index (χ1) is 9.49. The van der Waals surface area contributed by atoms with Gasteiger partial charge in [0.25, 0.3) is 0 Å². The van der Waals surface area contributed by atoms with E-state index in [9.17, 15) is 9.59 Å². The average Bonchev–Trinajstić information content (AvgIpc) is 2.42. The van der Waals surface area contributed by atoms with Gasteiger partial charge in [0.2, 0.25) is 0 Å². The molecule has 0 fully saturated rings. The zero-order valence-corrected chi connectivity index (χ0v) is 12.1. The molecule has 0 amide bonds. The Morgan fingerprint density at radius 3 is 2.40 bits per heavy atom. The Morgan fingerprint density at radius 1 is 1.15 bits per heavy atom. The Bertz CT molecular complexity index is 431. The van der Waals surface area contributed by atoms with E-state index in [2.05, 4.69) is 5.32 Å². The summed E-state index contributed by atoms with van der Waals surface area (Å²) >= 11 is 0. The number of esters is 2. The Labute approximate surface area is 119 Å². The molecule has 0 bridgehead atoms. The highest BCUT2D eigenvalue weighted by Gasteiger charge is 2.16. The van der Waals surface area contributed by atoms with Crippen LogP contribution in [-0.4, -0.2) is 30.6 Å². The molecule has 1 N–H and O–H groups in total. The summed E-state index contributed by atoms with van der Waals surface area (Å²) in [7, 11) is 0. The molecule has 1 atom stereocenters. The van der Waals surface area contributed by atoms with Gasteiger partial charge in [-0.3, -0.25) is 14.9 Å². The monoisotopic (exact) mass is 279 g/mol. The van der Waals surface area contributed by atoms with Gasteiger partial charge in [-0.05, 0) is 26.3 Å². The summed E-state index contributed by atoms with van der Waals surface area (Å²) in [5.74, 6) is -0.783. The Morgan fingerprint density at radius 2 is 1.80 bits per heavy atom. The third-order valence-electron chi connectivity index (χ3n) is 2.50. The summed E-state index contributed by atoms with van der Waals surface area (Å²) in [4.78, 5) is 23.0. The lowest BCUT2D eigenvalue weighted by atomic mass is 10.2. The number of hydrogen-bond acceptors (Lipinski definition) is 5. The van der Waals surface area contributed by atoms with Crippen molar-refractivity contribution in [2.75, 3.05) is 6.54 Å². The highest BCUT2D eigenvalue weighted by molar-refractivity contribution is 5.77. The van der Waals surface area contributed by atoms with Crippen molar-refractivity contribution in [2.45, 2.75) is 39.5 Å². The summed E-state index contributed by atoms with van der Waals surface area (Å²) in [5.41, 5.74) is 0.924. The first-order valence-electron chi connectivity index (χ1n) is 6.62. The van der Waals surface area contributed by atoms with Crippen LogP contribution < -0.4 is 5.32 Å². The van der Waals surface area contributed by atoms with Gasteiger partial charge >= 0.3 is 11.9 Å². The van der Waals surface area contributed by atoms with Gasteiger partial charge in [0.15, 0.2) is 0 Å². The smallest absolute Gasteiger partial charge is 0.323 e. The van der Waals surface area contributed by atoms with Crippen LogP contribution in [0.15, 0.2) is 30.3 Å². The van der Waals surface area contributed by atoms with E-state index in [1.807, 2.05) is 30.3 Å².